The van der Waals surface area contributed by atoms with Crippen LogP contribution in [-0.4, -0.2) is 25.1 Å². The number of alkyl halides is 2. The molecule has 2 aromatic carbocycles. The average Bonchev–Trinajstić information content (AvgIpc) is 2.58. The Kier molecular flexibility index (Phi) is 6.91. The Morgan fingerprint density at radius 3 is 2.46 bits per heavy atom. The lowest BCUT2D eigenvalue weighted by Gasteiger charge is -2.08. The molecule has 5 nitrogen and oxygen atoms in total. The number of ether oxygens (including phenoxy) is 2. The number of aryl methyl sites for hydroxylation is 1. The molecule has 0 aromatic heterocycles. The molecule has 1 amide bonds. The molecule has 2 rings (SSSR count). The van der Waals surface area contributed by atoms with E-state index in [1.54, 1.807) is 18.2 Å². The van der Waals surface area contributed by atoms with Crippen LogP contribution in [0.3, 0.4) is 0 Å². The summed E-state index contributed by atoms with van der Waals surface area (Å²) < 4.78 is 33.2. The number of hydrogen-bond donors (Lipinski definition) is 1. The van der Waals surface area contributed by atoms with Crippen LogP contribution in [0.25, 0.3) is 0 Å². The van der Waals surface area contributed by atoms with Gasteiger partial charge in [-0.05, 0) is 42.3 Å². The smallest absolute Gasteiger partial charge is 0.387 e. The first-order valence-corrected chi connectivity index (χ1v) is 7.96. The topological polar surface area (TPSA) is 64.6 Å². The Bertz CT molecular complexity index is 781. The summed E-state index contributed by atoms with van der Waals surface area (Å²) in [5.74, 6) is -1.13. The van der Waals surface area contributed by atoms with Crippen LogP contribution in [0.1, 0.15) is 11.1 Å². The quantitative estimate of drug-likeness (QED) is 0.735. The Labute approximate surface area is 153 Å². The van der Waals surface area contributed by atoms with Crippen molar-refractivity contribution in [3.05, 3.63) is 58.6 Å². The summed E-state index contributed by atoms with van der Waals surface area (Å²) in [5.41, 5.74) is 1.92. The second kappa shape index (κ2) is 9.15. The summed E-state index contributed by atoms with van der Waals surface area (Å²) in [6, 6.07) is 10.6. The van der Waals surface area contributed by atoms with E-state index >= 15 is 0 Å². The van der Waals surface area contributed by atoms with Crippen molar-refractivity contribution in [2.75, 3.05) is 11.9 Å². The van der Waals surface area contributed by atoms with Crippen LogP contribution in [0, 0.1) is 6.92 Å². The normalized spacial score (nSPS) is 10.5. The molecule has 0 aliphatic carbocycles. The number of amides is 1. The van der Waals surface area contributed by atoms with Crippen LogP contribution >= 0.6 is 11.6 Å². The number of benzene rings is 2. The minimum absolute atomic E-state index is 0.00625. The van der Waals surface area contributed by atoms with Crippen molar-refractivity contribution < 1.29 is 27.8 Å². The monoisotopic (exact) mass is 383 g/mol. The lowest BCUT2D eigenvalue weighted by molar-refractivity contribution is -0.146. The van der Waals surface area contributed by atoms with Crippen LogP contribution < -0.4 is 10.1 Å². The Balaban J connectivity index is 1.78. The number of carbonyl (C=O) groups excluding carboxylic acids is 2. The molecular formula is C18H16ClF2NO4. The first kappa shape index (κ1) is 19.7. The molecule has 1 N–H and O–H groups in total. The molecule has 26 heavy (non-hydrogen) atoms. The molecule has 0 atom stereocenters. The SMILES string of the molecule is Cc1ccc(NC(=O)COC(=O)Cc2ccc(OC(F)F)cc2)cc1Cl. The molecule has 0 aliphatic heterocycles. The van der Waals surface area contributed by atoms with Crippen LogP contribution in [0.5, 0.6) is 5.75 Å². The van der Waals surface area contributed by atoms with Gasteiger partial charge in [-0.3, -0.25) is 9.59 Å². The fourth-order valence-corrected chi connectivity index (χ4v) is 2.20. The van der Waals surface area contributed by atoms with Crippen molar-refractivity contribution in [3.63, 3.8) is 0 Å². The number of nitrogens with one attached hydrogen (secondary N) is 1. The van der Waals surface area contributed by atoms with Gasteiger partial charge in [0.1, 0.15) is 5.75 Å². The van der Waals surface area contributed by atoms with Gasteiger partial charge in [-0.15, -0.1) is 0 Å². The number of rotatable bonds is 7. The molecular weight excluding hydrogens is 368 g/mol. The molecule has 2 aromatic rings. The van der Waals surface area contributed by atoms with Crippen molar-refractivity contribution in [1.82, 2.24) is 0 Å². The molecule has 0 saturated heterocycles. The highest BCUT2D eigenvalue weighted by Crippen LogP contribution is 2.20. The summed E-state index contributed by atoms with van der Waals surface area (Å²) in [6.07, 6.45) is -0.0986. The maximum Gasteiger partial charge on any atom is 0.387 e. The summed E-state index contributed by atoms with van der Waals surface area (Å²) in [6.45, 7) is -1.52. The van der Waals surface area contributed by atoms with Gasteiger partial charge < -0.3 is 14.8 Å². The van der Waals surface area contributed by atoms with Gasteiger partial charge in [0.15, 0.2) is 6.61 Å². The fraction of sp³-hybridized carbons (Fsp3) is 0.222. The molecule has 138 valence electrons. The number of halogens is 3. The van der Waals surface area contributed by atoms with E-state index in [0.29, 0.717) is 16.3 Å². The highest BCUT2D eigenvalue weighted by Gasteiger charge is 2.10. The average molecular weight is 384 g/mol. The third kappa shape index (κ3) is 6.33. The second-order valence-corrected chi connectivity index (χ2v) is 5.78. The van der Waals surface area contributed by atoms with Crippen molar-refractivity contribution in [2.45, 2.75) is 20.0 Å². The fourth-order valence-electron chi connectivity index (χ4n) is 2.02. The zero-order valence-electron chi connectivity index (χ0n) is 13.8. The highest BCUT2D eigenvalue weighted by atomic mass is 35.5. The predicted molar refractivity (Wildman–Crippen MR) is 92.6 cm³/mol. The molecule has 0 unspecified atom stereocenters. The van der Waals surface area contributed by atoms with Gasteiger partial charge >= 0.3 is 12.6 Å². The van der Waals surface area contributed by atoms with Crippen molar-refractivity contribution >= 4 is 29.2 Å². The van der Waals surface area contributed by atoms with Crippen LogP contribution in [-0.2, 0) is 20.7 Å². The molecule has 0 heterocycles. The summed E-state index contributed by atoms with van der Waals surface area (Å²) in [7, 11) is 0. The largest absolute Gasteiger partial charge is 0.455 e. The van der Waals surface area contributed by atoms with Crippen LogP contribution in [0.15, 0.2) is 42.5 Å². The minimum atomic E-state index is -2.91. The third-order valence-electron chi connectivity index (χ3n) is 3.32. The summed E-state index contributed by atoms with van der Waals surface area (Å²) >= 11 is 5.97. The van der Waals surface area contributed by atoms with Gasteiger partial charge in [-0.25, -0.2) is 0 Å². The summed E-state index contributed by atoms with van der Waals surface area (Å²) in [4.78, 5) is 23.6. The van der Waals surface area contributed by atoms with E-state index in [1.807, 2.05) is 6.92 Å². The van der Waals surface area contributed by atoms with Crippen LogP contribution in [0.2, 0.25) is 5.02 Å². The number of carbonyl (C=O) groups is 2. The lowest BCUT2D eigenvalue weighted by Crippen LogP contribution is -2.21. The molecule has 0 aliphatic rings. The molecule has 0 fully saturated rings. The third-order valence-corrected chi connectivity index (χ3v) is 3.72. The zero-order chi connectivity index (χ0) is 19.1. The van der Waals surface area contributed by atoms with Crippen molar-refractivity contribution in [2.24, 2.45) is 0 Å². The molecule has 8 heteroatoms. The standard InChI is InChI=1S/C18H16ClF2NO4/c1-11-2-5-13(9-15(11)19)22-16(23)10-25-17(24)8-12-3-6-14(7-4-12)26-18(20)21/h2-7,9,18H,8,10H2,1H3,(H,22,23). The van der Waals surface area contributed by atoms with Gasteiger partial charge in [0.2, 0.25) is 0 Å². The van der Waals surface area contributed by atoms with E-state index in [1.165, 1.54) is 24.3 Å². The molecule has 0 bridgehead atoms. The number of anilines is 1. The number of hydrogen-bond acceptors (Lipinski definition) is 4. The molecule has 0 radical (unpaired) electrons. The number of esters is 1. The first-order chi connectivity index (χ1) is 12.3. The van der Waals surface area contributed by atoms with E-state index in [0.717, 1.165) is 5.56 Å². The van der Waals surface area contributed by atoms with Crippen LogP contribution in [0.4, 0.5) is 14.5 Å². The van der Waals surface area contributed by atoms with E-state index in [9.17, 15) is 18.4 Å². The van der Waals surface area contributed by atoms with E-state index in [-0.39, 0.29) is 12.2 Å². The van der Waals surface area contributed by atoms with Gasteiger partial charge in [-0.2, -0.15) is 8.78 Å². The van der Waals surface area contributed by atoms with Crippen molar-refractivity contribution in [1.29, 1.82) is 0 Å². The maximum absolute atomic E-state index is 12.1. The molecule has 0 spiro atoms. The second-order valence-electron chi connectivity index (χ2n) is 5.37. The van der Waals surface area contributed by atoms with Gasteiger partial charge in [0.05, 0.1) is 6.42 Å². The van der Waals surface area contributed by atoms with Gasteiger partial charge in [0, 0.05) is 10.7 Å². The highest BCUT2D eigenvalue weighted by molar-refractivity contribution is 6.31. The predicted octanol–water partition coefficient (Wildman–Crippen LogP) is 3.97. The van der Waals surface area contributed by atoms with E-state index in [4.69, 9.17) is 16.3 Å². The maximum atomic E-state index is 12.1. The minimum Gasteiger partial charge on any atom is -0.455 e. The lowest BCUT2D eigenvalue weighted by atomic mass is 10.1. The zero-order valence-corrected chi connectivity index (χ0v) is 14.6. The molecule has 0 saturated carbocycles. The van der Waals surface area contributed by atoms with E-state index < -0.39 is 25.1 Å². The Morgan fingerprint density at radius 2 is 1.85 bits per heavy atom. The van der Waals surface area contributed by atoms with Crippen molar-refractivity contribution in [3.8, 4) is 5.75 Å². The van der Waals surface area contributed by atoms with E-state index in [2.05, 4.69) is 10.1 Å². The Hall–Kier alpha value is -2.67. The van der Waals surface area contributed by atoms with Gasteiger partial charge in [-0.1, -0.05) is 29.8 Å². The summed E-state index contributed by atoms with van der Waals surface area (Å²) in [5, 5.41) is 3.08. The van der Waals surface area contributed by atoms with Gasteiger partial charge in [0.25, 0.3) is 5.91 Å². The Morgan fingerprint density at radius 1 is 1.15 bits per heavy atom. The first-order valence-electron chi connectivity index (χ1n) is 7.59.